The average Bonchev–Trinajstić information content (AvgIpc) is 2.14. The first-order chi connectivity index (χ1) is 7.70. The summed E-state index contributed by atoms with van der Waals surface area (Å²) in [5, 5.41) is 3.39. The molecule has 0 spiro atoms. The summed E-state index contributed by atoms with van der Waals surface area (Å²) in [5.41, 5.74) is 2.22. The lowest BCUT2D eigenvalue weighted by atomic mass is 9.70. The fourth-order valence-electron chi connectivity index (χ4n) is 2.56. The van der Waals surface area contributed by atoms with Gasteiger partial charge >= 0.3 is 0 Å². The molecule has 0 amide bonds. The summed E-state index contributed by atoms with van der Waals surface area (Å²) in [7, 11) is 0. The fourth-order valence-corrected chi connectivity index (χ4v) is 2.56. The van der Waals surface area contributed by atoms with Crippen LogP contribution in [0.15, 0.2) is 18.2 Å². The molecule has 1 aliphatic carbocycles. The van der Waals surface area contributed by atoms with E-state index in [2.05, 4.69) is 18.3 Å². The molecular formula is C14H20FN. The predicted octanol–water partition coefficient (Wildman–Crippen LogP) is 3.24. The van der Waals surface area contributed by atoms with Gasteiger partial charge in [-0.05, 0) is 68.0 Å². The third kappa shape index (κ3) is 2.43. The Morgan fingerprint density at radius 1 is 1.31 bits per heavy atom. The third-order valence-electron chi connectivity index (χ3n) is 3.57. The molecule has 1 N–H and O–H groups in total. The molecule has 0 aromatic heterocycles. The van der Waals surface area contributed by atoms with E-state index in [0.29, 0.717) is 11.8 Å². The van der Waals surface area contributed by atoms with Crippen molar-refractivity contribution >= 4 is 0 Å². The zero-order valence-corrected chi connectivity index (χ0v) is 10.1. The summed E-state index contributed by atoms with van der Waals surface area (Å²) in [6, 6.07) is 5.43. The SMILES string of the molecule is CCNCC1CCC1c1cc(C)cc(F)c1. The van der Waals surface area contributed by atoms with E-state index in [9.17, 15) is 4.39 Å². The van der Waals surface area contributed by atoms with Gasteiger partial charge in [-0.25, -0.2) is 4.39 Å². The minimum absolute atomic E-state index is 0.0934. The summed E-state index contributed by atoms with van der Waals surface area (Å²) < 4.78 is 13.3. The summed E-state index contributed by atoms with van der Waals surface area (Å²) in [5.74, 6) is 1.17. The van der Waals surface area contributed by atoms with E-state index < -0.39 is 0 Å². The Labute approximate surface area is 97.1 Å². The van der Waals surface area contributed by atoms with Crippen molar-refractivity contribution in [2.75, 3.05) is 13.1 Å². The van der Waals surface area contributed by atoms with Gasteiger partial charge in [-0.2, -0.15) is 0 Å². The Hall–Kier alpha value is -0.890. The Kier molecular flexibility index (Phi) is 3.59. The third-order valence-corrected chi connectivity index (χ3v) is 3.57. The van der Waals surface area contributed by atoms with Gasteiger partial charge in [0.15, 0.2) is 0 Å². The number of aryl methyl sites for hydroxylation is 1. The van der Waals surface area contributed by atoms with Crippen LogP contribution in [-0.2, 0) is 0 Å². The number of benzene rings is 1. The molecule has 0 bridgehead atoms. The fraction of sp³-hybridized carbons (Fsp3) is 0.571. The van der Waals surface area contributed by atoms with Crippen LogP contribution in [0.3, 0.4) is 0 Å². The average molecular weight is 221 g/mol. The van der Waals surface area contributed by atoms with Crippen LogP contribution in [0.4, 0.5) is 4.39 Å². The molecule has 2 atom stereocenters. The molecule has 2 heteroatoms. The maximum Gasteiger partial charge on any atom is 0.123 e. The predicted molar refractivity (Wildman–Crippen MR) is 65.1 cm³/mol. The second-order valence-electron chi connectivity index (χ2n) is 4.81. The lowest BCUT2D eigenvalue weighted by Gasteiger charge is -2.37. The zero-order chi connectivity index (χ0) is 11.5. The van der Waals surface area contributed by atoms with Crippen molar-refractivity contribution in [1.82, 2.24) is 5.32 Å². The first kappa shape index (κ1) is 11.6. The quantitative estimate of drug-likeness (QED) is 0.823. The highest BCUT2D eigenvalue weighted by Gasteiger charge is 2.31. The monoisotopic (exact) mass is 221 g/mol. The maximum atomic E-state index is 13.3. The molecule has 1 aromatic carbocycles. The highest BCUT2D eigenvalue weighted by Crippen LogP contribution is 2.42. The van der Waals surface area contributed by atoms with E-state index in [1.54, 1.807) is 12.1 Å². The van der Waals surface area contributed by atoms with Crippen LogP contribution in [0.25, 0.3) is 0 Å². The van der Waals surface area contributed by atoms with Gasteiger partial charge in [0.2, 0.25) is 0 Å². The Bertz CT molecular complexity index is 342. The minimum atomic E-state index is -0.0934. The van der Waals surface area contributed by atoms with E-state index in [1.165, 1.54) is 18.4 Å². The summed E-state index contributed by atoms with van der Waals surface area (Å²) in [6.07, 6.45) is 2.48. The second kappa shape index (κ2) is 4.96. The van der Waals surface area contributed by atoms with Crippen molar-refractivity contribution in [1.29, 1.82) is 0 Å². The molecule has 1 saturated carbocycles. The lowest BCUT2D eigenvalue weighted by Crippen LogP contribution is -2.33. The summed E-state index contributed by atoms with van der Waals surface area (Å²) >= 11 is 0. The van der Waals surface area contributed by atoms with E-state index in [1.807, 2.05) is 6.92 Å². The van der Waals surface area contributed by atoms with Crippen LogP contribution in [0.1, 0.15) is 36.8 Å². The molecule has 88 valence electrons. The van der Waals surface area contributed by atoms with Gasteiger partial charge < -0.3 is 5.32 Å². The normalized spacial score (nSPS) is 24.2. The lowest BCUT2D eigenvalue weighted by molar-refractivity contribution is 0.247. The first-order valence-electron chi connectivity index (χ1n) is 6.18. The molecule has 2 rings (SSSR count). The van der Waals surface area contributed by atoms with E-state index >= 15 is 0 Å². The van der Waals surface area contributed by atoms with Gasteiger partial charge in [0.05, 0.1) is 0 Å². The highest BCUT2D eigenvalue weighted by atomic mass is 19.1. The maximum absolute atomic E-state index is 13.3. The molecule has 2 unspecified atom stereocenters. The van der Waals surface area contributed by atoms with Crippen molar-refractivity contribution < 1.29 is 4.39 Å². The van der Waals surface area contributed by atoms with Crippen LogP contribution >= 0.6 is 0 Å². The molecule has 0 heterocycles. The van der Waals surface area contributed by atoms with E-state index in [-0.39, 0.29) is 5.82 Å². The van der Waals surface area contributed by atoms with Crippen molar-refractivity contribution in [2.45, 2.75) is 32.6 Å². The molecule has 16 heavy (non-hydrogen) atoms. The number of rotatable bonds is 4. The van der Waals surface area contributed by atoms with Crippen LogP contribution in [-0.4, -0.2) is 13.1 Å². The van der Waals surface area contributed by atoms with Crippen molar-refractivity contribution in [3.8, 4) is 0 Å². The van der Waals surface area contributed by atoms with Crippen molar-refractivity contribution in [3.05, 3.63) is 35.1 Å². The minimum Gasteiger partial charge on any atom is -0.317 e. The smallest absolute Gasteiger partial charge is 0.123 e. The number of halogens is 1. The number of nitrogens with one attached hydrogen (secondary N) is 1. The van der Waals surface area contributed by atoms with Gasteiger partial charge in [-0.15, -0.1) is 0 Å². The summed E-state index contributed by atoms with van der Waals surface area (Å²) in [4.78, 5) is 0. The molecule has 1 aliphatic rings. The highest BCUT2D eigenvalue weighted by molar-refractivity contribution is 5.28. The van der Waals surface area contributed by atoms with Gasteiger partial charge in [0, 0.05) is 0 Å². The molecule has 0 radical (unpaired) electrons. The molecule has 0 aliphatic heterocycles. The molecule has 1 nitrogen and oxygen atoms in total. The first-order valence-corrected chi connectivity index (χ1v) is 6.18. The van der Waals surface area contributed by atoms with Crippen molar-refractivity contribution in [3.63, 3.8) is 0 Å². The molecule has 0 saturated heterocycles. The van der Waals surface area contributed by atoms with Gasteiger partial charge in [-0.1, -0.05) is 13.0 Å². The molecule has 1 aromatic rings. The topological polar surface area (TPSA) is 12.0 Å². The van der Waals surface area contributed by atoms with E-state index in [4.69, 9.17) is 0 Å². The van der Waals surface area contributed by atoms with Gasteiger partial charge in [0.25, 0.3) is 0 Å². The standard InChI is InChI=1S/C14H20FN/c1-3-16-9-11-4-5-14(11)12-6-10(2)7-13(15)8-12/h6-8,11,14,16H,3-5,9H2,1-2H3. The largest absolute Gasteiger partial charge is 0.317 e. The Morgan fingerprint density at radius 3 is 2.69 bits per heavy atom. The van der Waals surface area contributed by atoms with Crippen LogP contribution < -0.4 is 5.32 Å². The number of hydrogen-bond acceptors (Lipinski definition) is 1. The van der Waals surface area contributed by atoms with Crippen molar-refractivity contribution in [2.24, 2.45) is 5.92 Å². The molecular weight excluding hydrogens is 201 g/mol. The molecule has 1 fully saturated rings. The zero-order valence-electron chi connectivity index (χ0n) is 10.1. The van der Waals surface area contributed by atoms with Crippen LogP contribution in [0.2, 0.25) is 0 Å². The van der Waals surface area contributed by atoms with Crippen LogP contribution in [0.5, 0.6) is 0 Å². The Balaban J connectivity index is 2.06. The van der Waals surface area contributed by atoms with E-state index in [0.717, 1.165) is 18.7 Å². The van der Waals surface area contributed by atoms with Gasteiger partial charge in [-0.3, -0.25) is 0 Å². The summed E-state index contributed by atoms with van der Waals surface area (Å²) in [6.45, 7) is 6.17. The van der Waals surface area contributed by atoms with Crippen LogP contribution in [0, 0.1) is 18.7 Å². The Morgan fingerprint density at radius 2 is 2.12 bits per heavy atom. The number of hydrogen-bond donors (Lipinski definition) is 1. The second-order valence-corrected chi connectivity index (χ2v) is 4.81. The van der Waals surface area contributed by atoms with Gasteiger partial charge in [0.1, 0.15) is 5.82 Å².